The molecule has 0 saturated carbocycles. The molecule has 0 saturated heterocycles. The van der Waals surface area contributed by atoms with E-state index in [1.54, 1.807) is 8.79 Å². The fourth-order valence-electron chi connectivity index (χ4n) is 3.59. The van der Waals surface area contributed by atoms with E-state index in [1.807, 2.05) is 0 Å². The molecule has 2 aromatic carbocycles. The van der Waals surface area contributed by atoms with Crippen molar-refractivity contribution in [2.24, 2.45) is 0 Å². The summed E-state index contributed by atoms with van der Waals surface area (Å²) >= 11 is -2.33. The molecule has 0 spiro atoms. The van der Waals surface area contributed by atoms with E-state index < -0.39 is 13.3 Å². The van der Waals surface area contributed by atoms with Crippen LogP contribution in [0.15, 0.2) is 60.7 Å². The molecule has 0 amide bonds. The van der Waals surface area contributed by atoms with E-state index in [0.29, 0.717) is 0 Å². The van der Waals surface area contributed by atoms with E-state index >= 15 is 0 Å². The van der Waals surface area contributed by atoms with Gasteiger partial charge in [0.1, 0.15) is 0 Å². The molecule has 2 aromatic rings. The fourth-order valence-corrected chi connectivity index (χ4v) is 15.8. The second-order valence-electron chi connectivity index (χ2n) is 5.91. The minimum absolute atomic E-state index is 0.741. The number of benzene rings is 2. The summed E-state index contributed by atoms with van der Waals surface area (Å²) < 4.78 is 4.70. The van der Waals surface area contributed by atoms with Gasteiger partial charge in [-0.25, -0.2) is 0 Å². The van der Waals surface area contributed by atoms with Gasteiger partial charge in [0.15, 0.2) is 0 Å². The Balaban J connectivity index is 2.69. The van der Waals surface area contributed by atoms with Crippen molar-refractivity contribution in [2.75, 3.05) is 0 Å². The SMILES string of the molecule is C[CH](C)[Ge]([c]1ccccc1)([c]1ccccc1)[CH](C)C. The Bertz CT molecular complexity index is 450. The van der Waals surface area contributed by atoms with Crippen molar-refractivity contribution in [2.45, 2.75) is 37.2 Å². The molecule has 0 aliphatic carbocycles. The van der Waals surface area contributed by atoms with Crippen LogP contribution in [0, 0.1) is 0 Å². The molecule has 0 N–H and O–H groups in total. The second kappa shape index (κ2) is 5.96. The van der Waals surface area contributed by atoms with Gasteiger partial charge in [-0.2, -0.15) is 0 Å². The van der Waals surface area contributed by atoms with E-state index in [-0.39, 0.29) is 0 Å². The normalized spacial score (nSPS) is 12.1. The van der Waals surface area contributed by atoms with Gasteiger partial charge in [0.05, 0.1) is 0 Å². The Morgan fingerprint density at radius 3 is 1.16 bits per heavy atom. The van der Waals surface area contributed by atoms with Crippen LogP contribution >= 0.6 is 0 Å². The van der Waals surface area contributed by atoms with Crippen LogP contribution in [0.5, 0.6) is 0 Å². The zero-order valence-electron chi connectivity index (χ0n) is 12.4. The van der Waals surface area contributed by atoms with Crippen LogP contribution in [0.25, 0.3) is 0 Å². The molecule has 1 heteroatoms. The number of hydrogen-bond acceptors (Lipinski definition) is 0. The van der Waals surface area contributed by atoms with E-state index in [4.69, 9.17) is 0 Å². The van der Waals surface area contributed by atoms with Crippen molar-refractivity contribution in [3.8, 4) is 0 Å². The fraction of sp³-hybridized carbons (Fsp3) is 0.333. The van der Waals surface area contributed by atoms with Crippen molar-refractivity contribution in [3.05, 3.63) is 60.7 Å². The van der Waals surface area contributed by atoms with Crippen molar-refractivity contribution in [3.63, 3.8) is 0 Å². The van der Waals surface area contributed by atoms with Crippen LogP contribution in [0.1, 0.15) is 27.7 Å². The molecule has 2 rings (SSSR count). The molecule has 0 aliphatic heterocycles. The Kier molecular flexibility index (Phi) is 4.51. The molecular formula is C18H24Ge. The summed E-state index contributed by atoms with van der Waals surface area (Å²) in [7, 11) is 0. The van der Waals surface area contributed by atoms with Gasteiger partial charge in [-0.3, -0.25) is 0 Å². The predicted octanol–water partition coefficient (Wildman–Crippen LogP) is 4.07. The van der Waals surface area contributed by atoms with E-state index in [2.05, 4.69) is 88.4 Å². The first-order valence-electron chi connectivity index (χ1n) is 7.21. The van der Waals surface area contributed by atoms with E-state index in [0.717, 1.165) is 9.50 Å². The predicted molar refractivity (Wildman–Crippen MR) is 88.1 cm³/mol. The summed E-state index contributed by atoms with van der Waals surface area (Å²) in [6, 6.07) is 22.5. The van der Waals surface area contributed by atoms with Crippen LogP contribution in [0.4, 0.5) is 0 Å². The zero-order valence-corrected chi connectivity index (χ0v) is 14.5. The maximum absolute atomic E-state index is 2.42. The van der Waals surface area contributed by atoms with Crippen LogP contribution in [0.3, 0.4) is 0 Å². The van der Waals surface area contributed by atoms with Crippen molar-refractivity contribution < 1.29 is 0 Å². The Morgan fingerprint density at radius 2 is 0.895 bits per heavy atom. The van der Waals surface area contributed by atoms with Gasteiger partial charge >= 0.3 is 120 Å². The molecule has 0 fully saturated rings. The van der Waals surface area contributed by atoms with Crippen molar-refractivity contribution in [1.82, 2.24) is 0 Å². The molecule has 0 bridgehead atoms. The summed E-state index contributed by atoms with van der Waals surface area (Å²) in [6.07, 6.45) is 0. The summed E-state index contributed by atoms with van der Waals surface area (Å²) in [5, 5.41) is 0. The van der Waals surface area contributed by atoms with Gasteiger partial charge in [0.25, 0.3) is 0 Å². The Morgan fingerprint density at radius 1 is 0.579 bits per heavy atom. The maximum atomic E-state index is 2.42. The topological polar surface area (TPSA) is 0 Å². The van der Waals surface area contributed by atoms with Gasteiger partial charge in [0.2, 0.25) is 0 Å². The van der Waals surface area contributed by atoms with Gasteiger partial charge in [-0.1, -0.05) is 0 Å². The minimum atomic E-state index is -2.33. The van der Waals surface area contributed by atoms with Gasteiger partial charge in [-0.05, 0) is 0 Å². The molecular weight excluding hydrogens is 289 g/mol. The zero-order chi connectivity index (χ0) is 13.9. The quantitative estimate of drug-likeness (QED) is 0.747. The molecule has 0 atom stereocenters. The first kappa shape index (κ1) is 14.4. The average Bonchev–Trinajstić information content (AvgIpc) is 2.41. The van der Waals surface area contributed by atoms with Crippen LogP contribution < -0.4 is 8.79 Å². The molecule has 0 unspecified atom stereocenters. The molecule has 0 aromatic heterocycles. The van der Waals surface area contributed by atoms with Crippen molar-refractivity contribution in [1.29, 1.82) is 0 Å². The van der Waals surface area contributed by atoms with E-state index in [1.165, 1.54) is 0 Å². The monoisotopic (exact) mass is 314 g/mol. The summed E-state index contributed by atoms with van der Waals surface area (Å²) in [5.74, 6) is 0. The second-order valence-corrected chi connectivity index (χ2v) is 16.8. The van der Waals surface area contributed by atoms with Gasteiger partial charge < -0.3 is 0 Å². The third kappa shape index (κ3) is 2.51. The third-order valence-electron chi connectivity index (χ3n) is 4.32. The van der Waals surface area contributed by atoms with Crippen LogP contribution in [-0.2, 0) is 0 Å². The van der Waals surface area contributed by atoms with E-state index in [9.17, 15) is 0 Å². The number of hydrogen-bond donors (Lipinski definition) is 0. The first-order chi connectivity index (χ1) is 9.10. The Labute approximate surface area is 120 Å². The van der Waals surface area contributed by atoms with Gasteiger partial charge in [0, 0.05) is 0 Å². The molecule has 0 nitrogen and oxygen atoms in total. The Hall–Kier alpha value is -1.02. The third-order valence-corrected chi connectivity index (χ3v) is 17.4. The standard InChI is InChI=1S/C18H24Ge/c1-15(2)19(16(3)4,17-11-7-5-8-12-17)18-13-9-6-10-14-18/h5-16H,1-4H3. The van der Waals surface area contributed by atoms with Gasteiger partial charge in [-0.15, -0.1) is 0 Å². The molecule has 0 radical (unpaired) electrons. The number of rotatable bonds is 4. The molecule has 100 valence electrons. The molecule has 0 aliphatic rings. The first-order valence-corrected chi connectivity index (χ1v) is 11.7. The van der Waals surface area contributed by atoms with Crippen molar-refractivity contribution >= 4 is 22.1 Å². The van der Waals surface area contributed by atoms with Crippen LogP contribution in [-0.4, -0.2) is 13.3 Å². The molecule has 0 heterocycles. The summed E-state index contributed by atoms with van der Waals surface area (Å²) in [4.78, 5) is 0. The summed E-state index contributed by atoms with van der Waals surface area (Å²) in [5.41, 5.74) is 0. The molecule has 19 heavy (non-hydrogen) atoms. The summed E-state index contributed by atoms with van der Waals surface area (Å²) in [6.45, 7) is 9.67. The van der Waals surface area contributed by atoms with Crippen LogP contribution in [0.2, 0.25) is 9.50 Å². The average molecular weight is 313 g/mol.